The van der Waals surface area contributed by atoms with Crippen molar-refractivity contribution in [1.29, 1.82) is 0 Å². The standard InChI is InChI=1S/C15H17BrF2N2O/c1-20(10-4-8-2-3-9(5-10)19-8)15(21)11-6-13(17)14(18)7-12(11)16/h6-10,19H,2-5H2,1H3. The normalized spacial score (nSPS) is 27.7. The van der Waals surface area contributed by atoms with Crippen LogP contribution in [-0.2, 0) is 0 Å². The van der Waals surface area contributed by atoms with Gasteiger partial charge in [0.25, 0.3) is 5.91 Å². The lowest BCUT2D eigenvalue weighted by Gasteiger charge is -2.35. The molecular formula is C15H17BrF2N2O. The molecule has 1 amide bonds. The Kier molecular flexibility index (Phi) is 4.01. The monoisotopic (exact) mass is 358 g/mol. The molecule has 0 radical (unpaired) electrons. The van der Waals surface area contributed by atoms with Crippen LogP contribution in [0.4, 0.5) is 8.78 Å². The Bertz CT molecular complexity index is 569. The van der Waals surface area contributed by atoms with Crippen molar-refractivity contribution < 1.29 is 13.6 Å². The number of carbonyl (C=O) groups excluding carboxylic acids is 1. The minimum Gasteiger partial charge on any atom is -0.339 e. The van der Waals surface area contributed by atoms with E-state index in [1.54, 1.807) is 11.9 Å². The van der Waals surface area contributed by atoms with Crippen molar-refractivity contribution in [2.24, 2.45) is 0 Å². The molecule has 2 saturated heterocycles. The summed E-state index contributed by atoms with van der Waals surface area (Å²) in [5.41, 5.74) is 0.169. The second-order valence-electron chi connectivity index (χ2n) is 5.93. The van der Waals surface area contributed by atoms with Gasteiger partial charge < -0.3 is 10.2 Å². The van der Waals surface area contributed by atoms with Crippen molar-refractivity contribution in [2.45, 2.75) is 43.8 Å². The number of hydrogen-bond acceptors (Lipinski definition) is 2. The number of amides is 1. The number of nitrogens with one attached hydrogen (secondary N) is 1. The van der Waals surface area contributed by atoms with Crippen LogP contribution in [0.15, 0.2) is 16.6 Å². The summed E-state index contributed by atoms with van der Waals surface area (Å²) in [4.78, 5) is 14.2. The van der Waals surface area contributed by atoms with Crippen molar-refractivity contribution >= 4 is 21.8 Å². The van der Waals surface area contributed by atoms with E-state index < -0.39 is 11.6 Å². The summed E-state index contributed by atoms with van der Waals surface area (Å²) >= 11 is 3.14. The molecule has 2 heterocycles. The maximum absolute atomic E-state index is 13.4. The molecule has 0 spiro atoms. The van der Waals surface area contributed by atoms with Gasteiger partial charge in [-0.1, -0.05) is 0 Å². The maximum Gasteiger partial charge on any atom is 0.255 e. The lowest BCUT2D eigenvalue weighted by atomic mass is 9.98. The van der Waals surface area contributed by atoms with Gasteiger partial charge in [0.15, 0.2) is 11.6 Å². The van der Waals surface area contributed by atoms with Crippen LogP contribution in [0.2, 0.25) is 0 Å². The van der Waals surface area contributed by atoms with Crippen LogP contribution in [0.1, 0.15) is 36.0 Å². The molecule has 1 aromatic rings. The molecule has 1 aromatic carbocycles. The van der Waals surface area contributed by atoms with Crippen LogP contribution >= 0.6 is 15.9 Å². The summed E-state index contributed by atoms with van der Waals surface area (Å²) in [7, 11) is 1.74. The highest BCUT2D eigenvalue weighted by atomic mass is 79.9. The van der Waals surface area contributed by atoms with Gasteiger partial charge in [0.2, 0.25) is 0 Å². The van der Waals surface area contributed by atoms with E-state index in [-0.39, 0.29) is 22.0 Å². The summed E-state index contributed by atoms with van der Waals surface area (Å²) in [6, 6.07) is 3.06. The van der Waals surface area contributed by atoms with Gasteiger partial charge in [-0.15, -0.1) is 0 Å². The average Bonchev–Trinajstić information content (AvgIpc) is 2.79. The Labute approximate surface area is 130 Å². The van der Waals surface area contributed by atoms with Crippen molar-refractivity contribution in [1.82, 2.24) is 10.2 Å². The summed E-state index contributed by atoms with van der Waals surface area (Å²) in [5, 5.41) is 3.52. The lowest BCUT2D eigenvalue weighted by Crippen LogP contribution is -2.48. The number of carbonyl (C=O) groups is 1. The van der Waals surface area contributed by atoms with E-state index in [9.17, 15) is 13.6 Å². The van der Waals surface area contributed by atoms with Gasteiger partial charge in [0.1, 0.15) is 0 Å². The summed E-state index contributed by atoms with van der Waals surface area (Å²) in [5.74, 6) is -2.23. The fraction of sp³-hybridized carbons (Fsp3) is 0.533. The number of halogens is 3. The highest BCUT2D eigenvalue weighted by Gasteiger charge is 2.36. The molecule has 114 valence electrons. The minimum atomic E-state index is -1.000. The molecule has 0 saturated carbocycles. The zero-order valence-electron chi connectivity index (χ0n) is 11.7. The fourth-order valence-corrected chi connectivity index (χ4v) is 3.87. The van der Waals surface area contributed by atoms with Crippen LogP contribution in [0.3, 0.4) is 0 Å². The molecule has 2 aliphatic rings. The number of piperidine rings is 1. The molecule has 2 atom stereocenters. The van der Waals surface area contributed by atoms with E-state index in [4.69, 9.17) is 0 Å². The predicted octanol–water partition coefficient (Wildman–Crippen LogP) is 3.08. The molecule has 0 aliphatic carbocycles. The number of nitrogens with zero attached hydrogens (tertiary/aromatic N) is 1. The van der Waals surface area contributed by atoms with Gasteiger partial charge in [-0.3, -0.25) is 4.79 Å². The molecule has 3 rings (SSSR count). The van der Waals surface area contributed by atoms with Gasteiger partial charge >= 0.3 is 0 Å². The van der Waals surface area contributed by atoms with Gasteiger partial charge in [-0.2, -0.15) is 0 Å². The highest BCUT2D eigenvalue weighted by Crippen LogP contribution is 2.31. The molecule has 3 nitrogen and oxygen atoms in total. The number of fused-ring (bicyclic) bond motifs is 2. The Hall–Kier alpha value is -1.01. The Morgan fingerprint density at radius 2 is 1.81 bits per heavy atom. The van der Waals surface area contributed by atoms with Crippen molar-refractivity contribution in [2.75, 3.05) is 7.05 Å². The van der Waals surface area contributed by atoms with Crippen LogP contribution < -0.4 is 5.32 Å². The summed E-state index contributed by atoms with van der Waals surface area (Å²) in [6.45, 7) is 0. The van der Waals surface area contributed by atoms with Gasteiger partial charge in [0, 0.05) is 29.6 Å². The largest absolute Gasteiger partial charge is 0.339 e. The number of hydrogen-bond donors (Lipinski definition) is 1. The molecular weight excluding hydrogens is 342 g/mol. The predicted molar refractivity (Wildman–Crippen MR) is 79.1 cm³/mol. The molecule has 2 bridgehead atoms. The summed E-state index contributed by atoms with van der Waals surface area (Å²) < 4.78 is 26.8. The fourth-order valence-electron chi connectivity index (χ4n) is 3.39. The van der Waals surface area contributed by atoms with Crippen LogP contribution in [0.5, 0.6) is 0 Å². The average molecular weight is 359 g/mol. The SMILES string of the molecule is CN(C(=O)c1cc(F)c(F)cc1Br)C1CC2CCC(C1)N2. The molecule has 2 aliphatic heterocycles. The Balaban J connectivity index is 1.80. The van der Waals surface area contributed by atoms with E-state index in [0.717, 1.165) is 37.8 Å². The quantitative estimate of drug-likeness (QED) is 0.824. The number of rotatable bonds is 2. The highest BCUT2D eigenvalue weighted by molar-refractivity contribution is 9.10. The molecule has 2 unspecified atom stereocenters. The summed E-state index contributed by atoms with van der Waals surface area (Å²) in [6.07, 6.45) is 4.14. The van der Waals surface area contributed by atoms with E-state index in [1.165, 1.54) is 0 Å². The Morgan fingerprint density at radius 1 is 1.24 bits per heavy atom. The second kappa shape index (κ2) is 5.65. The van der Waals surface area contributed by atoms with Gasteiger partial charge in [0.05, 0.1) is 5.56 Å². The first-order chi connectivity index (χ1) is 9.95. The molecule has 2 fully saturated rings. The van der Waals surface area contributed by atoms with Crippen molar-refractivity contribution in [3.8, 4) is 0 Å². The first-order valence-corrected chi connectivity index (χ1v) is 7.92. The van der Waals surface area contributed by atoms with E-state index >= 15 is 0 Å². The van der Waals surface area contributed by atoms with E-state index in [1.807, 2.05) is 0 Å². The van der Waals surface area contributed by atoms with Crippen LogP contribution in [0, 0.1) is 11.6 Å². The second-order valence-corrected chi connectivity index (χ2v) is 6.78. The first kappa shape index (κ1) is 14.9. The number of benzene rings is 1. The van der Waals surface area contributed by atoms with E-state index in [2.05, 4.69) is 21.2 Å². The third kappa shape index (κ3) is 2.83. The Morgan fingerprint density at radius 3 is 2.43 bits per heavy atom. The zero-order chi connectivity index (χ0) is 15.1. The van der Waals surface area contributed by atoms with Gasteiger partial charge in [-0.25, -0.2) is 8.78 Å². The topological polar surface area (TPSA) is 32.3 Å². The molecule has 21 heavy (non-hydrogen) atoms. The van der Waals surface area contributed by atoms with E-state index in [0.29, 0.717) is 12.1 Å². The molecule has 1 N–H and O–H groups in total. The third-order valence-corrected chi connectivity index (χ3v) is 5.21. The van der Waals surface area contributed by atoms with Gasteiger partial charge in [-0.05, 0) is 53.7 Å². The minimum absolute atomic E-state index is 0.149. The van der Waals surface area contributed by atoms with Crippen molar-refractivity contribution in [3.05, 3.63) is 33.8 Å². The first-order valence-electron chi connectivity index (χ1n) is 7.13. The molecule has 0 aromatic heterocycles. The molecule has 6 heteroatoms. The zero-order valence-corrected chi connectivity index (χ0v) is 13.3. The third-order valence-electron chi connectivity index (χ3n) is 4.56. The smallest absolute Gasteiger partial charge is 0.255 e. The lowest BCUT2D eigenvalue weighted by molar-refractivity contribution is 0.0680. The van der Waals surface area contributed by atoms with Crippen LogP contribution in [-0.4, -0.2) is 36.0 Å². The van der Waals surface area contributed by atoms with Crippen LogP contribution in [0.25, 0.3) is 0 Å². The van der Waals surface area contributed by atoms with Crippen molar-refractivity contribution in [3.63, 3.8) is 0 Å². The maximum atomic E-state index is 13.4.